The number of anilines is 1. The average molecular weight is 394 g/mol. The first kappa shape index (κ1) is 19.8. The predicted octanol–water partition coefficient (Wildman–Crippen LogP) is 4.93. The third kappa shape index (κ3) is 4.29. The van der Waals surface area contributed by atoms with E-state index in [1.807, 2.05) is 20.8 Å². The minimum atomic E-state index is -4.53. The Morgan fingerprint density at radius 2 is 1.86 bits per heavy atom. The Balaban J connectivity index is 2.08. The summed E-state index contributed by atoms with van der Waals surface area (Å²) in [7, 11) is 0. The van der Waals surface area contributed by atoms with E-state index in [1.54, 1.807) is 0 Å². The number of nitrogens with one attached hydrogen (secondary N) is 1. The summed E-state index contributed by atoms with van der Waals surface area (Å²) < 4.78 is 53.5. The molecule has 0 saturated heterocycles. The van der Waals surface area contributed by atoms with Gasteiger partial charge in [-0.1, -0.05) is 20.8 Å². The van der Waals surface area contributed by atoms with Crippen LogP contribution in [0.3, 0.4) is 0 Å². The molecular formula is C19H18F4N4O. The molecule has 0 aromatic carbocycles. The van der Waals surface area contributed by atoms with Crippen LogP contribution in [0.4, 0.5) is 23.4 Å². The fraction of sp³-hybridized carbons (Fsp3) is 0.316. The number of fused-ring (bicyclic) bond motifs is 1. The summed E-state index contributed by atoms with van der Waals surface area (Å²) in [6.07, 6.45) is -2.50. The number of hydrogen-bond acceptors (Lipinski definition) is 3. The van der Waals surface area contributed by atoms with Gasteiger partial charge in [0, 0.05) is 18.8 Å². The zero-order valence-corrected chi connectivity index (χ0v) is 15.4. The topological polar surface area (TPSA) is 59.3 Å². The molecule has 0 unspecified atom stereocenters. The van der Waals surface area contributed by atoms with Gasteiger partial charge >= 0.3 is 6.18 Å². The second-order valence-electron chi connectivity index (χ2n) is 7.60. The van der Waals surface area contributed by atoms with Crippen LogP contribution in [0.15, 0.2) is 36.7 Å². The second-order valence-corrected chi connectivity index (χ2v) is 7.60. The third-order valence-electron chi connectivity index (χ3n) is 3.86. The largest absolute Gasteiger partial charge is 0.417 e. The van der Waals surface area contributed by atoms with E-state index in [0.717, 1.165) is 18.3 Å². The van der Waals surface area contributed by atoms with Crippen LogP contribution >= 0.6 is 0 Å². The molecule has 9 heteroatoms. The molecule has 0 fully saturated rings. The molecule has 0 radical (unpaired) electrons. The maximum absolute atomic E-state index is 13.7. The highest BCUT2D eigenvalue weighted by Crippen LogP contribution is 2.32. The third-order valence-corrected chi connectivity index (χ3v) is 3.86. The van der Waals surface area contributed by atoms with Crippen molar-refractivity contribution in [1.29, 1.82) is 0 Å². The van der Waals surface area contributed by atoms with E-state index in [1.165, 1.54) is 16.5 Å². The minimum absolute atomic E-state index is 0.104. The van der Waals surface area contributed by atoms with Gasteiger partial charge in [0.2, 0.25) is 5.91 Å². The normalized spacial score (nSPS) is 12.4. The van der Waals surface area contributed by atoms with E-state index < -0.39 is 17.6 Å². The van der Waals surface area contributed by atoms with Crippen molar-refractivity contribution in [2.45, 2.75) is 33.4 Å². The first-order chi connectivity index (χ1) is 12.9. The van der Waals surface area contributed by atoms with Crippen molar-refractivity contribution < 1.29 is 22.4 Å². The highest BCUT2D eigenvalue weighted by Gasteiger charge is 2.31. The van der Waals surface area contributed by atoms with E-state index in [4.69, 9.17) is 0 Å². The number of aromatic nitrogens is 3. The molecule has 3 heterocycles. The summed E-state index contributed by atoms with van der Waals surface area (Å²) in [5.74, 6) is -0.776. The highest BCUT2D eigenvalue weighted by molar-refractivity contribution is 5.94. The Morgan fingerprint density at radius 1 is 1.14 bits per heavy atom. The summed E-state index contributed by atoms with van der Waals surface area (Å²) in [6, 6.07) is 4.65. The summed E-state index contributed by atoms with van der Waals surface area (Å²) in [6.45, 7) is 5.68. The lowest BCUT2D eigenvalue weighted by Gasteiger charge is -2.17. The van der Waals surface area contributed by atoms with Gasteiger partial charge in [0.15, 0.2) is 5.82 Å². The van der Waals surface area contributed by atoms with Gasteiger partial charge in [-0.2, -0.15) is 13.2 Å². The van der Waals surface area contributed by atoms with Crippen LogP contribution < -0.4 is 5.32 Å². The monoisotopic (exact) mass is 394 g/mol. The lowest BCUT2D eigenvalue weighted by atomic mass is 9.92. The lowest BCUT2D eigenvalue weighted by molar-refractivity contribution is -0.137. The van der Waals surface area contributed by atoms with E-state index in [9.17, 15) is 22.4 Å². The number of hydrogen-bond donors (Lipinski definition) is 1. The Bertz CT molecular complexity index is 1020. The molecule has 0 bridgehead atoms. The van der Waals surface area contributed by atoms with Gasteiger partial charge in [0.25, 0.3) is 0 Å². The molecule has 3 aromatic heterocycles. The maximum Gasteiger partial charge on any atom is 0.417 e. The van der Waals surface area contributed by atoms with Crippen molar-refractivity contribution in [3.05, 3.63) is 48.0 Å². The number of nitrogens with zero attached hydrogens (tertiary/aromatic N) is 3. The second kappa shape index (κ2) is 6.88. The lowest BCUT2D eigenvalue weighted by Crippen LogP contribution is -2.20. The number of alkyl halides is 3. The number of rotatable bonds is 3. The van der Waals surface area contributed by atoms with Crippen LogP contribution in [0.25, 0.3) is 17.0 Å². The van der Waals surface area contributed by atoms with Crippen LogP contribution in [0.2, 0.25) is 0 Å². The predicted molar refractivity (Wildman–Crippen MR) is 96.1 cm³/mol. The Hall–Kier alpha value is -2.97. The molecule has 0 aliphatic heterocycles. The first-order valence-electron chi connectivity index (χ1n) is 8.45. The van der Waals surface area contributed by atoms with Gasteiger partial charge in [0.05, 0.1) is 11.3 Å². The number of halogens is 4. The van der Waals surface area contributed by atoms with E-state index in [2.05, 4.69) is 15.3 Å². The quantitative estimate of drug-likeness (QED) is 0.641. The van der Waals surface area contributed by atoms with E-state index in [0.29, 0.717) is 11.8 Å². The molecule has 0 aliphatic carbocycles. The number of carbonyl (C=O) groups excluding carboxylic acids is 1. The van der Waals surface area contributed by atoms with Crippen LogP contribution in [-0.4, -0.2) is 20.3 Å². The molecule has 1 N–H and O–H groups in total. The number of pyridine rings is 2. The number of amides is 1. The molecule has 3 aromatic rings. The molecule has 1 amide bonds. The molecule has 0 aliphatic rings. The molecular weight excluding hydrogens is 376 g/mol. The van der Waals surface area contributed by atoms with Crippen molar-refractivity contribution in [3.8, 4) is 11.4 Å². The molecule has 5 nitrogen and oxygen atoms in total. The molecule has 28 heavy (non-hydrogen) atoms. The average Bonchev–Trinajstić information content (AvgIpc) is 2.89. The van der Waals surface area contributed by atoms with E-state index >= 15 is 0 Å². The molecule has 0 saturated carbocycles. The molecule has 0 spiro atoms. The van der Waals surface area contributed by atoms with Crippen molar-refractivity contribution in [2.75, 3.05) is 5.32 Å². The molecule has 148 valence electrons. The Labute approximate surface area is 158 Å². The molecule has 3 rings (SSSR count). The number of carbonyl (C=O) groups is 1. The summed E-state index contributed by atoms with van der Waals surface area (Å²) >= 11 is 0. The maximum atomic E-state index is 13.7. The fourth-order valence-electron chi connectivity index (χ4n) is 2.71. The summed E-state index contributed by atoms with van der Waals surface area (Å²) in [5.41, 5.74) is -0.538. The van der Waals surface area contributed by atoms with Gasteiger partial charge in [-0.3, -0.25) is 14.2 Å². The van der Waals surface area contributed by atoms with Gasteiger partial charge in [-0.05, 0) is 29.7 Å². The van der Waals surface area contributed by atoms with E-state index in [-0.39, 0.29) is 34.9 Å². The first-order valence-corrected chi connectivity index (χ1v) is 8.45. The summed E-state index contributed by atoms with van der Waals surface area (Å²) in [4.78, 5) is 20.5. The van der Waals surface area contributed by atoms with Gasteiger partial charge < -0.3 is 5.32 Å². The van der Waals surface area contributed by atoms with Crippen molar-refractivity contribution >= 4 is 17.4 Å². The van der Waals surface area contributed by atoms with Crippen LogP contribution in [-0.2, 0) is 11.0 Å². The zero-order valence-electron chi connectivity index (χ0n) is 15.4. The van der Waals surface area contributed by atoms with Gasteiger partial charge in [0.1, 0.15) is 17.2 Å². The SMILES string of the molecule is CC(C)(C)CC(=O)Nc1nc2ccc(F)cn2c1-c1ccc(C(F)(F)F)cn1. The molecule has 0 atom stereocenters. The van der Waals surface area contributed by atoms with Gasteiger partial charge in [-0.25, -0.2) is 9.37 Å². The summed E-state index contributed by atoms with van der Waals surface area (Å²) in [5, 5.41) is 2.66. The van der Waals surface area contributed by atoms with Crippen molar-refractivity contribution in [3.63, 3.8) is 0 Å². The van der Waals surface area contributed by atoms with Crippen LogP contribution in [0.5, 0.6) is 0 Å². The van der Waals surface area contributed by atoms with Crippen molar-refractivity contribution in [1.82, 2.24) is 14.4 Å². The van der Waals surface area contributed by atoms with Crippen LogP contribution in [0.1, 0.15) is 32.8 Å². The minimum Gasteiger partial charge on any atom is -0.309 e. The van der Waals surface area contributed by atoms with Crippen LogP contribution in [0, 0.1) is 11.2 Å². The van der Waals surface area contributed by atoms with Gasteiger partial charge in [-0.15, -0.1) is 0 Å². The standard InChI is InChI=1S/C19H18F4N4O/c1-18(2,3)8-15(28)26-17-16(27-10-12(20)5-7-14(27)25-17)13-6-4-11(9-24-13)19(21,22)23/h4-7,9-10H,8H2,1-3H3,(H,26,28). The fourth-order valence-corrected chi connectivity index (χ4v) is 2.71. The smallest absolute Gasteiger partial charge is 0.309 e. The Morgan fingerprint density at radius 3 is 2.43 bits per heavy atom. The number of imidazole rings is 1. The van der Waals surface area contributed by atoms with Crippen molar-refractivity contribution in [2.24, 2.45) is 5.41 Å². The Kier molecular flexibility index (Phi) is 4.86. The highest BCUT2D eigenvalue weighted by atomic mass is 19.4. The zero-order chi connectivity index (χ0) is 20.7.